The van der Waals surface area contributed by atoms with E-state index in [-0.39, 0.29) is 12.3 Å². The number of carbonyl (C=O) groups excluding carboxylic acids is 1. The fraction of sp³-hybridized carbons (Fsp3) is 0.267. The van der Waals surface area contributed by atoms with E-state index in [1.165, 1.54) is 11.3 Å². The molecule has 0 saturated carbocycles. The van der Waals surface area contributed by atoms with Gasteiger partial charge in [0, 0.05) is 23.9 Å². The summed E-state index contributed by atoms with van der Waals surface area (Å²) in [4.78, 5) is 27.5. The molecule has 0 radical (unpaired) electrons. The van der Waals surface area contributed by atoms with Gasteiger partial charge in [0.05, 0.1) is 5.01 Å². The Balaban J connectivity index is 1.94. The molecule has 0 unspecified atom stereocenters. The predicted octanol–water partition coefficient (Wildman–Crippen LogP) is 2.33. The Bertz CT molecular complexity index is 625. The molecule has 1 atom stereocenters. The van der Waals surface area contributed by atoms with Gasteiger partial charge in [0.2, 0.25) is 5.91 Å². The highest BCUT2D eigenvalue weighted by Crippen LogP contribution is 2.14. The van der Waals surface area contributed by atoms with Crippen LogP contribution in [0.3, 0.4) is 0 Å². The van der Waals surface area contributed by atoms with Crippen molar-refractivity contribution in [3.8, 4) is 0 Å². The minimum atomic E-state index is -1.07. The van der Waals surface area contributed by atoms with Crippen molar-refractivity contribution in [2.24, 2.45) is 0 Å². The van der Waals surface area contributed by atoms with Crippen LogP contribution in [0.4, 0.5) is 0 Å². The molecule has 1 amide bonds. The SMILES string of the molecule is Cc1csc(CCC(=O)N[C@@H](C(=O)O)c2ccccc2)n1. The van der Waals surface area contributed by atoms with E-state index in [1.807, 2.05) is 12.3 Å². The van der Waals surface area contributed by atoms with Crippen LogP contribution in [0, 0.1) is 6.92 Å². The second-order valence-corrected chi connectivity index (χ2v) is 5.57. The molecule has 0 aliphatic carbocycles. The third-order valence-electron chi connectivity index (χ3n) is 2.92. The quantitative estimate of drug-likeness (QED) is 0.858. The number of nitrogens with zero attached hydrogens (tertiary/aromatic N) is 1. The normalized spacial score (nSPS) is 11.9. The van der Waals surface area contributed by atoms with Crippen LogP contribution >= 0.6 is 11.3 Å². The zero-order valence-electron chi connectivity index (χ0n) is 11.6. The molecule has 0 aliphatic heterocycles. The smallest absolute Gasteiger partial charge is 0.330 e. The number of thiazole rings is 1. The molecule has 6 heteroatoms. The zero-order valence-corrected chi connectivity index (χ0v) is 12.4. The van der Waals surface area contributed by atoms with Crippen LogP contribution < -0.4 is 5.32 Å². The van der Waals surface area contributed by atoms with E-state index in [9.17, 15) is 14.7 Å². The molecular weight excluding hydrogens is 288 g/mol. The first-order valence-electron chi connectivity index (χ1n) is 6.54. The molecule has 0 spiro atoms. The Morgan fingerprint density at radius 3 is 2.62 bits per heavy atom. The van der Waals surface area contributed by atoms with Gasteiger partial charge in [-0.15, -0.1) is 11.3 Å². The highest BCUT2D eigenvalue weighted by atomic mass is 32.1. The van der Waals surface area contributed by atoms with Crippen molar-refractivity contribution in [2.75, 3.05) is 0 Å². The van der Waals surface area contributed by atoms with Crippen LogP contribution in [0.2, 0.25) is 0 Å². The summed E-state index contributed by atoms with van der Waals surface area (Å²) in [7, 11) is 0. The zero-order chi connectivity index (χ0) is 15.2. The molecule has 110 valence electrons. The number of benzene rings is 1. The number of amides is 1. The van der Waals surface area contributed by atoms with Crippen LogP contribution in [-0.2, 0) is 16.0 Å². The lowest BCUT2D eigenvalue weighted by atomic mass is 10.1. The first kappa shape index (κ1) is 15.2. The number of aryl methyl sites for hydroxylation is 2. The third-order valence-corrected chi connectivity index (χ3v) is 3.94. The van der Waals surface area contributed by atoms with Gasteiger partial charge in [-0.05, 0) is 12.5 Å². The Kier molecular flexibility index (Phi) is 5.05. The van der Waals surface area contributed by atoms with Crippen LogP contribution in [0.1, 0.15) is 28.7 Å². The monoisotopic (exact) mass is 304 g/mol. The van der Waals surface area contributed by atoms with Crippen molar-refractivity contribution in [3.63, 3.8) is 0 Å². The van der Waals surface area contributed by atoms with Gasteiger partial charge in [0.15, 0.2) is 6.04 Å². The summed E-state index contributed by atoms with van der Waals surface area (Å²) >= 11 is 1.51. The molecule has 0 fully saturated rings. The molecule has 2 N–H and O–H groups in total. The van der Waals surface area contributed by atoms with Gasteiger partial charge in [-0.1, -0.05) is 30.3 Å². The molecule has 21 heavy (non-hydrogen) atoms. The summed E-state index contributed by atoms with van der Waals surface area (Å²) in [5, 5.41) is 14.6. The molecule has 1 aromatic heterocycles. The topological polar surface area (TPSA) is 79.3 Å². The van der Waals surface area contributed by atoms with E-state index in [1.54, 1.807) is 30.3 Å². The number of aliphatic carboxylic acids is 1. The highest BCUT2D eigenvalue weighted by molar-refractivity contribution is 7.09. The van der Waals surface area contributed by atoms with Crippen LogP contribution in [0.15, 0.2) is 35.7 Å². The maximum Gasteiger partial charge on any atom is 0.330 e. The van der Waals surface area contributed by atoms with Crippen LogP contribution in [0.25, 0.3) is 0 Å². The lowest BCUT2D eigenvalue weighted by Crippen LogP contribution is -2.33. The first-order valence-corrected chi connectivity index (χ1v) is 7.42. The van der Waals surface area contributed by atoms with Gasteiger partial charge in [-0.3, -0.25) is 4.79 Å². The van der Waals surface area contributed by atoms with E-state index in [0.717, 1.165) is 10.7 Å². The molecular formula is C15H16N2O3S. The van der Waals surface area contributed by atoms with Gasteiger partial charge in [0.1, 0.15) is 0 Å². The Morgan fingerprint density at radius 1 is 1.33 bits per heavy atom. The molecule has 2 aromatic rings. The van der Waals surface area contributed by atoms with Crippen molar-refractivity contribution in [3.05, 3.63) is 52.0 Å². The van der Waals surface area contributed by atoms with Gasteiger partial charge >= 0.3 is 5.97 Å². The predicted molar refractivity (Wildman–Crippen MR) is 80.1 cm³/mol. The van der Waals surface area contributed by atoms with Gasteiger partial charge < -0.3 is 10.4 Å². The van der Waals surface area contributed by atoms with Crippen molar-refractivity contribution in [1.29, 1.82) is 0 Å². The number of nitrogens with one attached hydrogen (secondary N) is 1. The lowest BCUT2D eigenvalue weighted by molar-refractivity contribution is -0.142. The first-order chi connectivity index (χ1) is 10.1. The van der Waals surface area contributed by atoms with Gasteiger partial charge in [-0.25, -0.2) is 9.78 Å². The summed E-state index contributed by atoms with van der Waals surface area (Å²) in [6, 6.07) is 7.64. The summed E-state index contributed by atoms with van der Waals surface area (Å²) in [5.41, 5.74) is 1.49. The number of aromatic nitrogens is 1. The van der Waals surface area contributed by atoms with Crippen molar-refractivity contribution in [2.45, 2.75) is 25.8 Å². The van der Waals surface area contributed by atoms with Crippen LogP contribution in [-0.4, -0.2) is 22.0 Å². The summed E-state index contributed by atoms with van der Waals surface area (Å²) in [6.45, 7) is 1.90. The van der Waals surface area contributed by atoms with Crippen molar-refractivity contribution in [1.82, 2.24) is 10.3 Å². The number of carbonyl (C=O) groups is 2. The van der Waals surface area contributed by atoms with E-state index < -0.39 is 12.0 Å². The van der Waals surface area contributed by atoms with Gasteiger partial charge in [-0.2, -0.15) is 0 Å². The van der Waals surface area contributed by atoms with Crippen LogP contribution in [0.5, 0.6) is 0 Å². The third kappa shape index (κ3) is 4.39. The van der Waals surface area contributed by atoms with E-state index in [2.05, 4.69) is 10.3 Å². The second-order valence-electron chi connectivity index (χ2n) is 4.63. The summed E-state index contributed by atoms with van der Waals surface area (Å²) in [5.74, 6) is -1.36. The highest BCUT2D eigenvalue weighted by Gasteiger charge is 2.21. The number of hydrogen-bond donors (Lipinski definition) is 2. The summed E-state index contributed by atoms with van der Waals surface area (Å²) < 4.78 is 0. The molecule has 1 aromatic carbocycles. The standard InChI is InChI=1S/C15H16N2O3S/c1-10-9-21-13(16-10)8-7-12(18)17-14(15(19)20)11-5-3-2-4-6-11/h2-6,9,14H,7-8H2,1H3,(H,17,18)(H,19,20)/t14-/m1/s1. The number of hydrogen-bond acceptors (Lipinski definition) is 4. The molecule has 0 saturated heterocycles. The van der Waals surface area contributed by atoms with E-state index in [0.29, 0.717) is 12.0 Å². The molecule has 0 bridgehead atoms. The summed E-state index contributed by atoms with van der Waals surface area (Å²) in [6.07, 6.45) is 0.745. The minimum Gasteiger partial charge on any atom is -0.479 e. The Labute approximate surface area is 126 Å². The maximum atomic E-state index is 11.9. The number of rotatable bonds is 6. The maximum absolute atomic E-state index is 11.9. The number of carboxylic acid groups (broad SMARTS) is 1. The Morgan fingerprint density at radius 2 is 2.05 bits per heavy atom. The molecule has 1 heterocycles. The lowest BCUT2D eigenvalue weighted by Gasteiger charge is -2.14. The van der Waals surface area contributed by atoms with E-state index in [4.69, 9.17) is 0 Å². The average Bonchev–Trinajstić information content (AvgIpc) is 2.89. The molecule has 5 nitrogen and oxygen atoms in total. The second kappa shape index (κ2) is 6.99. The van der Waals surface area contributed by atoms with Crippen molar-refractivity contribution < 1.29 is 14.7 Å². The fourth-order valence-electron chi connectivity index (χ4n) is 1.90. The largest absolute Gasteiger partial charge is 0.479 e. The van der Waals surface area contributed by atoms with E-state index >= 15 is 0 Å². The number of carboxylic acids is 1. The minimum absolute atomic E-state index is 0.226. The fourth-order valence-corrected chi connectivity index (χ4v) is 2.68. The molecule has 2 rings (SSSR count). The average molecular weight is 304 g/mol. The van der Waals surface area contributed by atoms with Crippen molar-refractivity contribution >= 4 is 23.2 Å². The van der Waals surface area contributed by atoms with Gasteiger partial charge in [0.25, 0.3) is 0 Å². The molecule has 0 aliphatic rings. The Hall–Kier alpha value is -2.21.